The third kappa shape index (κ3) is 3.70. The van der Waals surface area contributed by atoms with Crippen LogP contribution < -0.4 is 0 Å². The summed E-state index contributed by atoms with van der Waals surface area (Å²) in [6.45, 7) is 8.80. The number of hydrogen-bond donors (Lipinski definition) is 0. The van der Waals surface area contributed by atoms with Crippen molar-refractivity contribution in [2.45, 2.75) is 58.1 Å². The lowest BCUT2D eigenvalue weighted by Gasteiger charge is -2.51. The maximum absolute atomic E-state index is 5.87. The van der Waals surface area contributed by atoms with Crippen LogP contribution in [0.4, 0.5) is 0 Å². The summed E-state index contributed by atoms with van der Waals surface area (Å²) in [6, 6.07) is 0.127. The molecule has 2 atom stereocenters. The van der Waals surface area contributed by atoms with Gasteiger partial charge in [0.05, 0.1) is 11.6 Å². The third-order valence-corrected chi connectivity index (χ3v) is 6.24. The predicted molar refractivity (Wildman–Crippen MR) is 99.6 cm³/mol. The Bertz CT molecular complexity index is 602. The monoisotopic (exact) mass is 345 g/mol. The Morgan fingerprint density at radius 1 is 1.32 bits per heavy atom. The van der Waals surface area contributed by atoms with E-state index in [1.54, 1.807) is 18.8 Å². The Kier molecular flexibility index (Phi) is 5.40. The van der Waals surface area contributed by atoms with Gasteiger partial charge < -0.3 is 14.2 Å². The van der Waals surface area contributed by atoms with Crippen molar-refractivity contribution < 1.29 is 14.2 Å². The van der Waals surface area contributed by atoms with E-state index in [1.807, 2.05) is 7.11 Å². The number of rotatable bonds is 5. The smallest absolute Gasteiger partial charge is 0.160 e. The normalized spacial score (nSPS) is 28.6. The first-order valence-corrected chi connectivity index (χ1v) is 9.29. The number of hydrogen-bond acceptors (Lipinski definition) is 4. The van der Waals surface area contributed by atoms with Gasteiger partial charge in [0.1, 0.15) is 18.8 Å². The first-order valence-electron chi connectivity index (χ1n) is 9.29. The number of ether oxygens (including phenoxy) is 3. The zero-order valence-corrected chi connectivity index (χ0v) is 16.0. The molecule has 0 amide bonds. The van der Waals surface area contributed by atoms with Crippen LogP contribution in [0.1, 0.15) is 46.5 Å². The van der Waals surface area contributed by atoms with Crippen LogP contribution >= 0.6 is 0 Å². The highest BCUT2D eigenvalue weighted by atomic mass is 16.5. The van der Waals surface area contributed by atoms with Crippen LogP contribution in [0.2, 0.25) is 0 Å². The molecule has 4 heteroatoms. The zero-order valence-electron chi connectivity index (χ0n) is 16.0. The van der Waals surface area contributed by atoms with Gasteiger partial charge in [0.25, 0.3) is 0 Å². The van der Waals surface area contributed by atoms with Crippen LogP contribution in [0.15, 0.2) is 48.3 Å². The van der Waals surface area contributed by atoms with E-state index >= 15 is 0 Å². The quantitative estimate of drug-likeness (QED) is 0.733. The van der Waals surface area contributed by atoms with Gasteiger partial charge in [-0.3, -0.25) is 4.90 Å². The van der Waals surface area contributed by atoms with E-state index < -0.39 is 0 Å². The summed E-state index contributed by atoms with van der Waals surface area (Å²) in [5.74, 6) is 0.878. The Labute approximate surface area is 151 Å². The molecule has 2 heterocycles. The summed E-state index contributed by atoms with van der Waals surface area (Å²) in [5.41, 5.74) is 1.32. The Morgan fingerprint density at radius 3 is 2.80 bits per heavy atom. The number of nitrogens with zero attached hydrogens (tertiary/aromatic N) is 1. The van der Waals surface area contributed by atoms with Crippen molar-refractivity contribution in [1.29, 1.82) is 0 Å². The Hall–Kier alpha value is -1.52. The van der Waals surface area contributed by atoms with Crippen molar-refractivity contribution in [3.05, 3.63) is 48.3 Å². The fraction of sp³-hybridized carbons (Fsp3) is 0.619. The summed E-state index contributed by atoms with van der Waals surface area (Å²) in [5, 5.41) is 0. The van der Waals surface area contributed by atoms with E-state index in [4.69, 9.17) is 14.2 Å². The molecule has 25 heavy (non-hydrogen) atoms. The van der Waals surface area contributed by atoms with E-state index in [-0.39, 0.29) is 17.1 Å². The average molecular weight is 345 g/mol. The molecule has 138 valence electrons. The molecule has 4 nitrogen and oxygen atoms in total. The van der Waals surface area contributed by atoms with Gasteiger partial charge in [-0.1, -0.05) is 25.2 Å². The minimum Gasteiger partial charge on any atom is -0.466 e. The molecule has 2 aliphatic heterocycles. The fourth-order valence-electron chi connectivity index (χ4n) is 4.08. The molecule has 0 aromatic carbocycles. The fourth-order valence-corrected chi connectivity index (χ4v) is 4.08. The summed E-state index contributed by atoms with van der Waals surface area (Å²) in [6.07, 6.45) is 16.1. The van der Waals surface area contributed by atoms with Crippen molar-refractivity contribution in [1.82, 2.24) is 4.90 Å². The van der Waals surface area contributed by atoms with Crippen molar-refractivity contribution in [3.8, 4) is 0 Å². The molecule has 2 unspecified atom stereocenters. The van der Waals surface area contributed by atoms with Crippen molar-refractivity contribution in [2.24, 2.45) is 5.41 Å². The molecule has 0 radical (unpaired) electrons. The molecule has 1 fully saturated rings. The SMILES string of the molecule is COC(C)(C)C1(C)CCCN(C(C2=CC=CCC2)C2=COC=CO2)C1. The lowest BCUT2D eigenvalue weighted by Crippen LogP contribution is -2.56. The van der Waals surface area contributed by atoms with E-state index in [0.29, 0.717) is 0 Å². The third-order valence-electron chi connectivity index (χ3n) is 6.24. The van der Waals surface area contributed by atoms with Crippen molar-refractivity contribution in [3.63, 3.8) is 0 Å². The topological polar surface area (TPSA) is 30.9 Å². The molecule has 1 aliphatic carbocycles. The first kappa shape index (κ1) is 18.3. The van der Waals surface area contributed by atoms with E-state index in [9.17, 15) is 0 Å². The summed E-state index contributed by atoms with van der Waals surface area (Å²) >= 11 is 0. The lowest BCUT2D eigenvalue weighted by molar-refractivity contribution is -0.112. The summed E-state index contributed by atoms with van der Waals surface area (Å²) in [4.78, 5) is 2.55. The second-order valence-electron chi connectivity index (χ2n) is 8.01. The molecule has 3 aliphatic rings. The predicted octanol–water partition coefficient (Wildman–Crippen LogP) is 4.52. The van der Waals surface area contributed by atoms with Gasteiger partial charge in [0, 0.05) is 19.1 Å². The minimum atomic E-state index is -0.171. The maximum Gasteiger partial charge on any atom is 0.160 e. The molecule has 0 saturated carbocycles. The van der Waals surface area contributed by atoms with E-state index in [2.05, 4.69) is 43.9 Å². The second-order valence-corrected chi connectivity index (χ2v) is 8.01. The van der Waals surface area contributed by atoms with Crippen LogP contribution in [0.3, 0.4) is 0 Å². The molecular formula is C21H31NO3. The van der Waals surface area contributed by atoms with Crippen LogP contribution in [-0.4, -0.2) is 36.7 Å². The molecule has 0 aromatic heterocycles. The second kappa shape index (κ2) is 7.38. The first-order chi connectivity index (χ1) is 12.0. The van der Waals surface area contributed by atoms with Gasteiger partial charge in [0.2, 0.25) is 0 Å². The highest BCUT2D eigenvalue weighted by Crippen LogP contribution is 2.43. The van der Waals surface area contributed by atoms with Crippen molar-refractivity contribution in [2.75, 3.05) is 20.2 Å². The molecule has 0 spiro atoms. The van der Waals surface area contributed by atoms with Gasteiger partial charge in [-0.05, 0) is 51.6 Å². The Balaban J connectivity index is 1.89. The van der Waals surface area contributed by atoms with Gasteiger partial charge in [0.15, 0.2) is 5.76 Å². The van der Waals surface area contributed by atoms with Gasteiger partial charge in [-0.2, -0.15) is 0 Å². The number of likely N-dealkylation sites (tertiary alicyclic amines) is 1. The molecule has 3 rings (SSSR count). The van der Waals surface area contributed by atoms with Gasteiger partial charge >= 0.3 is 0 Å². The molecular weight excluding hydrogens is 314 g/mol. The minimum absolute atomic E-state index is 0.0925. The van der Waals surface area contributed by atoms with Crippen LogP contribution in [0.25, 0.3) is 0 Å². The number of allylic oxidation sites excluding steroid dienone is 3. The Morgan fingerprint density at radius 2 is 2.16 bits per heavy atom. The zero-order chi connectivity index (χ0) is 17.9. The summed E-state index contributed by atoms with van der Waals surface area (Å²) in [7, 11) is 1.82. The largest absolute Gasteiger partial charge is 0.466 e. The number of methoxy groups -OCH3 is 1. The van der Waals surface area contributed by atoms with E-state index in [0.717, 1.165) is 38.1 Å². The van der Waals surface area contributed by atoms with Crippen LogP contribution in [0, 0.1) is 5.41 Å². The van der Waals surface area contributed by atoms with Gasteiger partial charge in [-0.25, -0.2) is 0 Å². The van der Waals surface area contributed by atoms with Crippen LogP contribution in [0.5, 0.6) is 0 Å². The average Bonchev–Trinajstić information content (AvgIpc) is 2.64. The highest BCUT2D eigenvalue weighted by molar-refractivity contribution is 5.30. The standard InChI is InChI=1S/C21H31NO3/c1-20(2,23-4)21(3)11-8-12-22(16-21)19(17-9-6-5-7-10-17)18-15-24-13-14-25-18/h5-6,9,13-15,19H,7-8,10-12,16H2,1-4H3. The van der Waals surface area contributed by atoms with E-state index in [1.165, 1.54) is 12.0 Å². The van der Waals surface area contributed by atoms with Gasteiger partial charge in [-0.15, -0.1) is 0 Å². The highest BCUT2D eigenvalue weighted by Gasteiger charge is 2.46. The van der Waals surface area contributed by atoms with Crippen molar-refractivity contribution >= 4 is 0 Å². The maximum atomic E-state index is 5.87. The summed E-state index contributed by atoms with van der Waals surface area (Å²) < 4.78 is 17.1. The molecule has 0 N–H and O–H groups in total. The molecule has 0 aromatic rings. The molecule has 0 bridgehead atoms. The lowest BCUT2D eigenvalue weighted by atomic mass is 9.69. The van der Waals surface area contributed by atoms with Crippen LogP contribution in [-0.2, 0) is 14.2 Å². The molecule has 1 saturated heterocycles. The number of piperidine rings is 1.